The van der Waals surface area contributed by atoms with E-state index >= 15 is 0 Å². The van der Waals surface area contributed by atoms with Crippen LogP contribution < -0.4 is 16.5 Å². The number of halogens is 1. The van der Waals surface area contributed by atoms with Crippen molar-refractivity contribution in [1.82, 2.24) is 15.0 Å². The summed E-state index contributed by atoms with van der Waals surface area (Å²) >= 11 is 6.30. The molecule has 0 bridgehead atoms. The molecule has 0 saturated heterocycles. The molecule has 29 heavy (non-hydrogen) atoms. The maximum Gasteiger partial charge on any atom is 0.196 e. The van der Waals surface area contributed by atoms with Crippen LogP contribution in [-0.4, -0.2) is 15.0 Å². The highest BCUT2D eigenvalue weighted by Crippen LogP contribution is 2.26. The Morgan fingerprint density at radius 2 is 1.93 bits per heavy atom. The third-order valence-electron chi connectivity index (χ3n) is 4.56. The molecule has 2 heterocycles. The maximum atomic E-state index is 13.3. The average molecular weight is 403 g/mol. The number of nitriles is 1. The number of aromatic nitrogens is 3. The summed E-state index contributed by atoms with van der Waals surface area (Å²) in [6.45, 7) is 0.117. The second-order valence-electron chi connectivity index (χ2n) is 6.28. The number of nitrogen functional groups attached to an aromatic ring is 1. The highest BCUT2D eigenvalue weighted by molar-refractivity contribution is 6.35. The fraction of sp³-hybridized carbons (Fsp3) is 0.0476. The first kappa shape index (κ1) is 18.5. The van der Waals surface area contributed by atoms with Crippen LogP contribution in [0.3, 0.4) is 0 Å². The molecule has 7 nitrogen and oxygen atoms in total. The molecule has 4 N–H and O–H groups in total. The van der Waals surface area contributed by atoms with Gasteiger partial charge in [-0.05, 0) is 17.7 Å². The molecule has 0 aliphatic rings. The molecule has 8 heteroatoms. The summed E-state index contributed by atoms with van der Waals surface area (Å²) < 4.78 is 0. The molecular weight excluding hydrogens is 388 g/mol. The van der Waals surface area contributed by atoms with Crippen molar-refractivity contribution in [1.29, 1.82) is 5.26 Å². The van der Waals surface area contributed by atoms with Crippen LogP contribution in [0.15, 0.2) is 59.7 Å². The first-order chi connectivity index (χ1) is 14.1. The molecule has 0 aliphatic carbocycles. The van der Waals surface area contributed by atoms with Crippen molar-refractivity contribution >= 4 is 34.1 Å². The lowest BCUT2D eigenvalue weighted by Gasteiger charge is -2.14. The fourth-order valence-electron chi connectivity index (χ4n) is 3.17. The minimum atomic E-state index is -0.198. The minimum Gasteiger partial charge on any atom is -0.382 e. The topological polar surface area (TPSA) is 120 Å². The number of benzene rings is 2. The molecular formula is C21H15ClN6O. The van der Waals surface area contributed by atoms with Gasteiger partial charge in [-0.25, -0.2) is 9.97 Å². The Balaban J connectivity index is 1.88. The number of H-pyrrole nitrogens is 1. The summed E-state index contributed by atoms with van der Waals surface area (Å²) in [7, 11) is 0. The number of hydrogen-bond donors (Lipinski definition) is 3. The molecule has 0 amide bonds. The van der Waals surface area contributed by atoms with E-state index in [1.165, 1.54) is 6.33 Å². The number of pyridine rings is 1. The molecule has 4 rings (SSSR count). The van der Waals surface area contributed by atoms with E-state index in [1.54, 1.807) is 12.1 Å². The Bertz CT molecular complexity index is 1310. The van der Waals surface area contributed by atoms with E-state index in [2.05, 4.69) is 20.3 Å². The molecule has 0 radical (unpaired) electrons. The molecule has 0 aliphatic heterocycles. The molecule has 0 unspecified atom stereocenters. The van der Waals surface area contributed by atoms with E-state index in [-0.39, 0.29) is 29.2 Å². The standard InChI is InChI=1S/C21H15ClN6O/c22-15-7-4-8-16-17(15)19(29)14(18(28-16)12-5-2-1-3-6-12)10-25-21-13(9-23)20(24)26-11-27-21/h1-8,11H,10H2,(H,28,29)(H3,24,25,26,27). The fourth-order valence-corrected chi connectivity index (χ4v) is 3.43. The van der Waals surface area contributed by atoms with E-state index in [0.717, 1.165) is 5.56 Å². The Morgan fingerprint density at radius 1 is 1.14 bits per heavy atom. The van der Waals surface area contributed by atoms with E-state index < -0.39 is 0 Å². The van der Waals surface area contributed by atoms with Gasteiger partial charge in [-0.3, -0.25) is 4.79 Å². The van der Waals surface area contributed by atoms with Crippen LogP contribution in [-0.2, 0) is 6.54 Å². The number of fused-ring (bicyclic) bond motifs is 1. The first-order valence-electron chi connectivity index (χ1n) is 8.73. The van der Waals surface area contributed by atoms with Crippen LogP contribution in [0, 0.1) is 11.3 Å². The number of aromatic amines is 1. The second kappa shape index (κ2) is 7.62. The van der Waals surface area contributed by atoms with Gasteiger partial charge in [0.05, 0.1) is 21.6 Å². The Hall–Kier alpha value is -3.89. The van der Waals surface area contributed by atoms with Gasteiger partial charge in [-0.2, -0.15) is 5.26 Å². The quantitative estimate of drug-likeness (QED) is 0.478. The summed E-state index contributed by atoms with van der Waals surface area (Å²) in [6, 6.07) is 16.8. The van der Waals surface area contributed by atoms with Crippen LogP contribution in [0.4, 0.5) is 11.6 Å². The monoisotopic (exact) mass is 402 g/mol. The van der Waals surface area contributed by atoms with Crippen molar-refractivity contribution in [3.05, 3.63) is 81.2 Å². The van der Waals surface area contributed by atoms with Gasteiger partial charge in [-0.1, -0.05) is 48.0 Å². The lowest BCUT2D eigenvalue weighted by atomic mass is 10.0. The Labute approximate surface area is 170 Å². The van der Waals surface area contributed by atoms with Gasteiger partial charge in [0.15, 0.2) is 5.43 Å². The Kier molecular flexibility index (Phi) is 4.85. The molecule has 142 valence electrons. The lowest BCUT2D eigenvalue weighted by molar-refractivity contribution is 1.06. The molecule has 2 aromatic carbocycles. The van der Waals surface area contributed by atoms with Gasteiger partial charge in [-0.15, -0.1) is 0 Å². The van der Waals surface area contributed by atoms with Gasteiger partial charge >= 0.3 is 0 Å². The van der Waals surface area contributed by atoms with Gasteiger partial charge in [0.1, 0.15) is 29.6 Å². The van der Waals surface area contributed by atoms with E-state index in [4.69, 9.17) is 17.3 Å². The van der Waals surface area contributed by atoms with E-state index in [0.29, 0.717) is 27.2 Å². The van der Waals surface area contributed by atoms with Gasteiger partial charge < -0.3 is 16.0 Å². The normalized spacial score (nSPS) is 10.6. The van der Waals surface area contributed by atoms with Gasteiger partial charge in [0.25, 0.3) is 0 Å². The first-order valence-corrected chi connectivity index (χ1v) is 9.11. The lowest BCUT2D eigenvalue weighted by Crippen LogP contribution is -2.18. The summed E-state index contributed by atoms with van der Waals surface area (Å²) in [4.78, 5) is 24.5. The summed E-state index contributed by atoms with van der Waals surface area (Å²) in [5.41, 5.74) is 8.31. The zero-order valence-electron chi connectivity index (χ0n) is 15.1. The zero-order chi connectivity index (χ0) is 20.4. The largest absolute Gasteiger partial charge is 0.382 e. The molecule has 4 aromatic rings. The van der Waals surface area contributed by atoms with Crippen LogP contribution in [0.2, 0.25) is 5.02 Å². The number of nitrogens with two attached hydrogens (primary N) is 1. The highest BCUT2D eigenvalue weighted by atomic mass is 35.5. The molecule has 0 atom stereocenters. The van der Waals surface area contributed by atoms with E-state index in [1.807, 2.05) is 42.5 Å². The second-order valence-corrected chi connectivity index (χ2v) is 6.69. The van der Waals surface area contributed by atoms with Crippen LogP contribution in [0.25, 0.3) is 22.2 Å². The van der Waals surface area contributed by atoms with Crippen LogP contribution in [0.5, 0.6) is 0 Å². The van der Waals surface area contributed by atoms with Crippen molar-refractivity contribution in [3.63, 3.8) is 0 Å². The predicted molar refractivity (Wildman–Crippen MR) is 114 cm³/mol. The van der Waals surface area contributed by atoms with Crippen LogP contribution in [0.1, 0.15) is 11.1 Å². The highest BCUT2D eigenvalue weighted by Gasteiger charge is 2.17. The van der Waals surface area contributed by atoms with Gasteiger partial charge in [0.2, 0.25) is 0 Å². The third-order valence-corrected chi connectivity index (χ3v) is 4.87. The summed E-state index contributed by atoms with van der Waals surface area (Å²) in [5, 5.41) is 13.1. The van der Waals surface area contributed by atoms with E-state index in [9.17, 15) is 10.1 Å². The smallest absolute Gasteiger partial charge is 0.196 e. The average Bonchev–Trinajstić information content (AvgIpc) is 2.73. The summed E-state index contributed by atoms with van der Waals surface area (Å²) in [5.74, 6) is 0.335. The third kappa shape index (κ3) is 3.37. The minimum absolute atomic E-state index is 0.0729. The van der Waals surface area contributed by atoms with Crippen molar-refractivity contribution in [3.8, 4) is 17.3 Å². The predicted octanol–water partition coefficient (Wildman–Crippen LogP) is 3.70. The number of rotatable bonds is 4. The number of hydrogen-bond acceptors (Lipinski definition) is 6. The molecule has 0 spiro atoms. The zero-order valence-corrected chi connectivity index (χ0v) is 15.9. The van der Waals surface area contributed by atoms with Crippen molar-refractivity contribution in [2.45, 2.75) is 6.54 Å². The van der Waals surface area contributed by atoms with Crippen molar-refractivity contribution < 1.29 is 0 Å². The number of anilines is 2. The maximum absolute atomic E-state index is 13.3. The molecule has 0 fully saturated rings. The molecule has 2 aromatic heterocycles. The number of nitrogens with zero attached hydrogens (tertiary/aromatic N) is 3. The number of nitrogens with one attached hydrogen (secondary N) is 2. The Morgan fingerprint density at radius 3 is 2.69 bits per heavy atom. The molecule has 0 saturated carbocycles. The van der Waals surface area contributed by atoms with Crippen molar-refractivity contribution in [2.24, 2.45) is 0 Å². The SMILES string of the molecule is N#Cc1c(N)ncnc1NCc1c(-c2ccccc2)[nH]c2cccc(Cl)c2c1=O. The van der Waals surface area contributed by atoms with Gasteiger partial charge in [0, 0.05) is 12.1 Å². The van der Waals surface area contributed by atoms with Crippen molar-refractivity contribution in [2.75, 3.05) is 11.1 Å². The summed E-state index contributed by atoms with van der Waals surface area (Å²) in [6.07, 6.45) is 1.26. The van der Waals surface area contributed by atoms with Crippen LogP contribution >= 0.6 is 11.6 Å².